The fourth-order valence-corrected chi connectivity index (χ4v) is 4.85. The van der Waals surface area contributed by atoms with Crippen LogP contribution in [-0.4, -0.2) is 29.8 Å². The van der Waals surface area contributed by atoms with Crippen LogP contribution in [-0.2, 0) is 19.4 Å². The van der Waals surface area contributed by atoms with Gasteiger partial charge in [-0.1, -0.05) is 93.4 Å². The maximum Gasteiger partial charge on any atom is 0.333 e. The van der Waals surface area contributed by atoms with Gasteiger partial charge in [0.25, 0.3) is 0 Å². The lowest BCUT2D eigenvalue weighted by molar-refractivity contribution is 0.653. The van der Waals surface area contributed by atoms with Gasteiger partial charge in [-0.2, -0.15) is 5.21 Å². The summed E-state index contributed by atoms with van der Waals surface area (Å²) >= 11 is 0. The summed E-state index contributed by atoms with van der Waals surface area (Å²) in [6.07, 6.45) is 7.19. The quantitative estimate of drug-likeness (QED) is 0.249. The Morgan fingerprint density at radius 1 is 0.865 bits per heavy atom. The van der Waals surface area contributed by atoms with Crippen LogP contribution in [0.2, 0.25) is 0 Å². The zero-order valence-corrected chi connectivity index (χ0v) is 21.4. The minimum absolute atomic E-state index is 0.0129. The van der Waals surface area contributed by atoms with Crippen molar-refractivity contribution in [3.8, 4) is 28.2 Å². The van der Waals surface area contributed by atoms with Gasteiger partial charge < -0.3 is 0 Å². The number of rotatable bonds is 10. The van der Waals surface area contributed by atoms with Gasteiger partial charge in [-0.25, -0.2) is 4.79 Å². The maximum atomic E-state index is 13.7. The average Bonchev–Trinajstić information content (AvgIpc) is 3.58. The Morgan fingerprint density at radius 3 is 2.35 bits per heavy atom. The van der Waals surface area contributed by atoms with Crippen LogP contribution < -0.4 is 5.69 Å². The molecular weight excluding hydrogens is 460 g/mol. The van der Waals surface area contributed by atoms with Gasteiger partial charge in [-0.15, -0.1) is 10.2 Å². The van der Waals surface area contributed by atoms with Gasteiger partial charge in [0, 0.05) is 17.5 Å². The number of hydrogen-bond acceptors (Lipinski definition) is 4. The van der Waals surface area contributed by atoms with E-state index in [-0.39, 0.29) is 5.69 Å². The summed E-state index contributed by atoms with van der Waals surface area (Å²) < 4.78 is 3.76. The molecule has 0 spiro atoms. The van der Waals surface area contributed by atoms with E-state index in [1.54, 1.807) is 0 Å². The van der Waals surface area contributed by atoms with Crippen LogP contribution >= 0.6 is 0 Å². The van der Waals surface area contributed by atoms with Crippen molar-refractivity contribution in [1.82, 2.24) is 29.8 Å². The van der Waals surface area contributed by atoms with Crippen molar-refractivity contribution in [2.75, 3.05) is 0 Å². The Hall–Kier alpha value is -4.26. The molecule has 0 aliphatic carbocycles. The van der Waals surface area contributed by atoms with Crippen LogP contribution in [0.5, 0.6) is 0 Å². The van der Waals surface area contributed by atoms with Crippen molar-refractivity contribution < 1.29 is 0 Å². The number of imidazole rings is 1. The van der Waals surface area contributed by atoms with E-state index in [1.807, 2.05) is 51.7 Å². The van der Waals surface area contributed by atoms with Crippen LogP contribution in [0.1, 0.15) is 49.9 Å². The minimum Gasteiger partial charge on any atom is -0.292 e. The molecule has 188 valence electrons. The average molecular weight is 493 g/mol. The SMILES string of the molecule is CCCCCc1cn(-c2ccccc2CC)c(=O)n1Cc1ccc(-c2ccccc2-c2nn[nH]n2)cc1. The Labute approximate surface area is 216 Å². The van der Waals surface area contributed by atoms with Crippen molar-refractivity contribution in [3.05, 3.63) is 106 Å². The highest BCUT2D eigenvalue weighted by molar-refractivity contribution is 5.80. The lowest BCUT2D eigenvalue weighted by atomic mass is 9.98. The third kappa shape index (κ3) is 5.16. The largest absolute Gasteiger partial charge is 0.333 e. The first kappa shape index (κ1) is 24.4. The van der Waals surface area contributed by atoms with Gasteiger partial charge >= 0.3 is 5.69 Å². The normalized spacial score (nSPS) is 11.2. The maximum absolute atomic E-state index is 13.7. The molecule has 5 rings (SSSR count). The molecule has 1 N–H and O–H groups in total. The van der Waals surface area contributed by atoms with Gasteiger partial charge in [0.2, 0.25) is 5.82 Å². The summed E-state index contributed by atoms with van der Waals surface area (Å²) in [5.74, 6) is 0.566. The molecule has 2 aromatic heterocycles. The Morgan fingerprint density at radius 2 is 1.62 bits per heavy atom. The molecule has 37 heavy (non-hydrogen) atoms. The number of benzene rings is 3. The minimum atomic E-state index is 0.0129. The van der Waals surface area contributed by atoms with E-state index in [0.29, 0.717) is 12.4 Å². The standard InChI is InChI=1S/C30H32N6O/c1-3-5-6-12-25-21-36(28-15-10-7-11-23(28)4-2)30(37)35(25)20-22-16-18-24(19-17-22)26-13-8-9-14-27(26)29-31-33-34-32-29/h7-11,13-19,21H,3-6,12,20H2,1-2H3,(H,31,32,33,34). The predicted molar refractivity (Wildman–Crippen MR) is 147 cm³/mol. The van der Waals surface area contributed by atoms with Crippen LogP contribution in [0.4, 0.5) is 0 Å². The van der Waals surface area contributed by atoms with Gasteiger partial charge in [0.15, 0.2) is 0 Å². The third-order valence-corrected chi connectivity index (χ3v) is 6.85. The number of nitrogens with one attached hydrogen (secondary N) is 1. The van der Waals surface area contributed by atoms with Crippen molar-refractivity contribution in [3.63, 3.8) is 0 Å². The summed E-state index contributed by atoms with van der Waals surface area (Å²) in [6, 6.07) is 24.6. The van der Waals surface area contributed by atoms with E-state index in [9.17, 15) is 4.79 Å². The third-order valence-electron chi connectivity index (χ3n) is 6.85. The molecule has 0 unspecified atom stereocenters. The number of para-hydroxylation sites is 1. The van der Waals surface area contributed by atoms with Crippen LogP contribution in [0.25, 0.3) is 28.2 Å². The van der Waals surface area contributed by atoms with Gasteiger partial charge in [-0.05, 0) is 52.8 Å². The van der Waals surface area contributed by atoms with Crippen molar-refractivity contribution in [1.29, 1.82) is 0 Å². The van der Waals surface area contributed by atoms with Gasteiger partial charge in [0.05, 0.1) is 12.2 Å². The molecule has 0 atom stereocenters. The number of aromatic amines is 1. The van der Waals surface area contributed by atoms with Gasteiger partial charge in [-0.3, -0.25) is 9.13 Å². The molecule has 0 saturated carbocycles. The summed E-state index contributed by atoms with van der Waals surface area (Å²) in [7, 11) is 0. The number of unbranched alkanes of at least 4 members (excludes halogenated alkanes) is 2. The molecule has 0 fully saturated rings. The van der Waals surface area contributed by atoms with Crippen LogP contribution in [0, 0.1) is 0 Å². The number of tetrazole rings is 1. The highest BCUT2D eigenvalue weighted by Crippen LogP contribution is 2.30. The fraction of sp³-hybridized carbons (Fsp3) is 0.267. The summed E-state index contributed by atoms with van der Waals surface area (Å²) in [4.78, 5) is 13.7. The molecule has 0 radical (unpaired) electrons. The molecule has 2 heterocycles. The highest BCUT2D eigenvalue weighted by atomic mass is 16.1. The zero-order chi connectivity index (χ0) is 25.6. The second-order valence-electron chi connectivity index (χ2n) is 9.28. The smallest absolute Gasteiger partial charge is 0.292 e. The predicted octanol–water partition coefficient (Wildman–Crippen LogP) is 5.83. The lowest BCUT2D eigenvalue weighted by Gasteiger charge is -2.10. The molecule has 0 saturated heterocycles. The van der Waals surface area contributed by atoms with Crippen molar-refractivity contribution >= 4 is 0 Å². The number of nitrogens with zero attached hydrogens (tertiary/aromatic N) is 5. The highest BCUT2D eigenvalue weighted by Gasteiger charge is 2.15. The lowest BCUT2D eigenvalue weighted by Crippen LogP contribution is -2.25. The van der Waals surface area contributed by atoms with E-state index < -0.39 is 0 Å². The second-order valence-corrected chi connectivity index (χ2v) is 9.28. The molecule has 5 aromatic rings. The number of hydrogen-bond donors (Lipinski definition) is 1. The summed E-state index contributed by atoms with van der Waals surface area (Å²) in [5.41, 5.74) is 7.34. The Balaban J connectivity index is 1.47. The molecule has 0 bridgehead atoms. The molecule has 0 amide bonds. The Kier molecular flexibility index (Phi) is 7.40. The van der Waals surface area contributed by atoms with Crippen LogP contribution in [0.3, 0.4) is 0 Å². The molecule has 7 nitrogen and oxygen atoms in total. The van der Waals surface area contributed by atoms with Crippen molar-refractivity contribution in [2.45, 2.75) is 52.5 Å². The molecule has 7 heteroatoms. The van der Waals surface area contributed by atoms with E-state index in [4.69, 9.17) is 0 Å². The van der Waals surface area contributed by atoms with E-state index in [1.165, 1.54) is 5.56 Å². The molecule has 3 aromatic carbocycles. The van der Waals surface area contributed by atoms with E-state index >= 15 is 0 Å². The molecule has 0 aliphatic heterocycles. The molecular formula is C30H32N6O. The number of aromatic nitrogens is 6. The van der Waals surface area contributed by atoms with E-state index in [0.717, 1.165) is 65.7 Å². The summed E-state index contributed by atoms with van der Waals surface area (Å²) in [6.45, 7) is 4.86. The van der Waals surface area contributed by atoms with Gasteiger partial charge in [0.1, 0.15) is 0 Å². The monoisotopic (exact) mass is 492 g/mol. The second kappa shape index (κ2) is 11.2. The number of H-pyrrole nitrogens is 1. The van der Waals surface area contributed by atoms with Crippen LogP contribution in [0.15, 0.2) is 83.8 Å². The fourth-order valence-electron chi connectivity index (χ4n) is 4.85. The number of aryl methyl sites for hydroxylation is 2. The Bertz CT molecular complexity index is 1510. The first-order valence-electron chi connectivity index (χ1n) is 13.0. The first-order valence-corrected chi connectivity index (χ1v) is 13.0. The topological polar surface area (TPSA) is 81.4 Å². The van der Waals surface area contributed by atoms with Crippen molar-refractivity contribution in [2.24, 2.45) is 0 Å². The summed E-state index contributed by atoms with van der Waals surface area (Å²) in [5, 5.41) is 14.5. The zero-order valence-electron chi connectivity index (χ0n) is 21.4. The van der Waals surface area contributed by atoms with E-state index in [2.05, 4.69) is 70.9 Å². The first-order chi connectivity index (χ1) is 18.2. The molecule has 0 aliphatic rings.